The summed E-state index contributed by atoms with van der Waals surface area (Å²) >= 11 is 0. The Labute approximate surface area is 194 Å². The minimum Gasteiger partial charge on any atom is -0.455 e. The van der Waals surface area contributed by atoms with Crippen LogP contribution in [0.4, 0.5) is 0 Å². The van der Waals surface area contributed by atoms with Gasteiger partial charge in [0.25, 0.3) is 0 Å². The number of aromatic nitrogens is 4. The fraction of sp³-hybridized carbons (Fsp3) is 0.476. The summed E-state index contributed by atoms with van der Waals surface area (Å²) in [5.74, 6) is -2.91. The molecule has 34 heavy (non-hydrogen) atoms. The normalized spacial score (nSPS) is 24.1. The number of hydrogen-bond donors (Lipinski definition) is 0. The lowest BCUT2D eigenvalue weighted by Gasteiger charge is -2.43. The minimum atomic E-state index is -1.51. The van der Waals surface area contributed by atoms with Crippen molar-refractivity contribution in [3.8, 4) is 0 Å². The van der Waals surface area contributed by atoms with E-state index in [2.05, 4.69) is 15.5 Å². The molecule has 1 aliphatic heterocycles. The number of carbonyl (C=O) groups excluding carboxylic acids is 4. The van der Waals surface area contributed by atoms with E-state index in [1.807, 2.05) is 30.3 Å². The number of carbonyl (C=O) groups is 4. The van der Waals surface area contributed by atoms with E-state index in [9.17, 15) is 19.2 Å². The summed E-state index contributed by atoms with van der Waals surface area (Å²) in [6.07, 6.45) is -6.91. The number of esters is 4. The number of tetrazole rings is 1. The summed E-state index contributed by atoms with van der Waals surface area (Å²) in [7, 11) is 0. The van der Waals surface area contributed by atoms with Gasteiger partial charge in [-0.15, -0.1) is 5.10 Å². The fourth-order valence-corrected chi connectivity index (χ4v) is 3.52. The average Bonchev–Trinajstić information content (AvgIpc) is 3.19. The molecular weight excluding hydrogens is 452 g/mol. The van der Waals surface area contributed by atoms with Gasteiger partial charge in [0.2, 0.25) is 12.4 Å². The Balaban J connectivity index is 2.06. The Morgan fingerprint density at radius 1 is 0.824 bits per heavy atom. The minimum absolute atomic E-state index is 0.102. The van der Waals surface area contributed by atoms with E-state index in [0.717, 1.165) is 33.3 Å². The number of benzene rings is 1. The van der Waals surface area contributed by atoms with Crippen molar-refractivity contribution in [1.82, 2.24) is 20.2 Å². The average molecular weight is 476 g/mol. The molecule has 3 rings (SSSR count). The van der Waals surface area contributed by atoms with Crippen molar-refractivity contribution >= 4 is 23.9 Å². The van der Waals surface area contributed by atoms with Crippen molar-refractivity contribution in [2.45, 2.75) is 64.9 Å². The molecule has 0 unspecified atom stereocenters. The van der Waals surface area contributed by atoms with Crippen molar-refractivity contribution in [3.05, 3.63) is 41.7 Å². The van der Waals surface area contributed by atoms with Gasteiger partial charge in [0, 0.05) is 27.7 Å². The van der Waals surface area contributed by atoms with Crippen LogP contribution < -0.4 is 0 Å². The summed E-state index contributed by atoms with van der Waals surface area (Å²) in [5, 5.41) is 11.7. The third-order valence-corrected chi connectivity index (χ3v) is 4.67. The SMILES string of the molecule is CC(=O)O[C@H]1O[C@H](c2nnnn2Cc2ccccc2)[C@@H](OC(C)=O)[C@H](OC(C)=O)[C@H]1OC(C)=O. The Hall–Kier alpha value is -3.87. The van der Waals surface area contributed by atoms with Crippen LogP contribution >= 0.6 is 0 Å². The first-order valence-electron chi connectivity index (χ1n) is 10.3. The topological polar surface area (TPSA) is 158 Å². The van der Waals surface area contributed by atoms with Gasteiger partial charge in [-0.05, 0) is 16.0 Å². The molecule has 0 spiro atoms. The third kappa shape index (κ3) is 6.13. The fourth-order valence-electron chi connectivity index (χ4n) is 3.52. The van der Waals surface area contributed by atoms with Crippen LogP contribution in [0.1, 0.15) is 45.2 Å². The Morgan fingerprint density at radius 3 is 1.97 bits per heavy atom. The number of ether oxygens (including phenoxy) is 5. The van der Waals surface area contributed by atoms with Gasteiger partial charge < -0.3 is 23.7 Å². The second-order valence-electron chi connectivity index (χ2n) is 7.44. The molecule has 0 aliphatic carbocycles. The van der Waals surface area contributed by atoms with Crippen LogP contribution in [0.5, 0.6) is 0 Å². The molecular formula is C21H24N4O9. The molecule has 2 aromatic rings. The first-order chi connectivity index (χ1) is 16.2. The second kappa shape index (κ2) is 10.8. The van der Waals surface area contributed by atoms with E-state index < -0.39 is 54.6 Å². The van der Waals surface area contributed by atoms with E-state index in [4.69, 9.17) is 23.7 Å². The van der Waals surface area contributed by atoms with Crippen LogP contribution in [0, 0.1) is 0 Å². The molecule has 0 saturated carbocycles. The van der Waals surface area contributed by atoms with Gasteiger partial charge >= 0.3 is 23.9 Å². The maximum Gasteiger partial charge on any atom is 0.305 e. The van der Waals surface area contributed by atoms with Crippen molar-refractivity contribution in [1.29, 1.82) is 0 Å². The Bertz CT molecular complexity index is 1040. The molecule has 1 fully saturated rings. The van der Waals surface area contributed by atoms with Crippen LogP contribution in [-0.4, -0.2) is 68.7 Å². The van der Waals surface area contributed by atoms with Gasteiger partial charge in [-0.25, -0.2) is 4.68 Å². The molecule has 182 valence electrons. The summed E-state index contributed by atoms with van der Waals surface area (Å²) in [5.41, 5.74) is 0.863. The van der Waals surface area contributed by atoms with Crippen LogP contribution in [-0.2, 0) is 49.4 Å². The first-order valence-corrected chi connectivity index (χ1v) is 10.3. The molecule has 0 radical (unpaired) electrons. The van der Waals surface area contributed by atoms with Crippen molar-refractivity contribution < 1.29 is 42.9 Å². The zero-order valence-corrected chi connectivity index (χ0v) is 18.9. The smallest absolute Gasteiger partial charge is 0.305 e. The molecule has 1 aliphatic rings. The van der Waals surface area contributed by atoms with Crippen LogP contribution in [0.2, 0.25) is 0 Å². The standard InChI is InChI=1S/C21H24N4O9/c1-11(26)30-16-17(31-12(2)27)19(32-13(3)28)21(33-14(4)29)34-18(16)20-22-23-24-25(20)10-15-8-6-5-7-9-15/h5-9,16-19,21H,10H2,1-4H3/t16-,17-,18-,19+,21-/m0/s1. The number of hydrogen-bond acceptors (Lipinski definition) is 12. The lowest BCUT2D eigenvalue weighted by molar-refractivity contribution is -0.299. The maximum absolute atomic E-state index is 12.0. The van der Waals surface area contributed by atoms with Gasteiger partial charge in [-0.2, -0.15) is 0 Å². The predicted octanol–water partition coefficient (Wildman–Crippen LogP) is 0.477. The zero-order valence-electron chi connectivity index (χ0n) is 18.9. The van der Waals surface area contributed by atoms with Crippen LogP contribution in [0.3, 0.4) is 0 Å². The highest BCUT2D eigenvalue weighted by molar-refractivity contribution is 5.69. The quantitative estimate of drug-likeness (QED) is 0.402. The summed E-state index contributed by atoms with van der Waals surface area (Å²) in [4.78, 5) is 47.4. The predicted molar refractivity (Wildman–Crippen MR) is 109 cm³/mol. The lowest BCUT2D eigenvalue weighted by atomic mass is 9.97. The highest BCUT2D eigenvalue weighted by Crippen LogP contribution is 2.37. The van der Waals surface area contributed by atoms with E-state index in [1.165, 1.54) is 4.68 Å². The number of nitrogens with zero attached hydrogens (tertiary/aromatic N) is 4. The Kier molecular flexibility index (Phi) is 7.89. The van der Waals surface area contributed by atoms with Gasteiger partial charge in [0.05, 0.1) is 6.54 Å². The van der Waals surface area contributed by atoms with Crippen molar-refractivity contribution in [2.24, 2.45) is 0 Å². The molecule has 0 N–H and O–H groups in total. The van der Waals surface area contributed by atoms with Crippen LogP contribution in [0.15, 0.2) is 30.3 Å². The summed E-state index contributed by atoms with van der Waals surface area (Å²) < 4.78 is 28.6. The summed E-state index contributed by atoms with van der Waals surface area (Å²) in [6, 6.07) is 9.26. The monoisotopic (exact) mass is 476 g/mol. The van der Waals surface area contributed by atoms with Crippen LogP contribution in [0.25, 0.3) is 0 Å². The molecule has 13 heteroatoms. The van der Waals surface area contributed by atoms with E-state index in [0.29, 0.717) is 0 Å². The largest absolute Gasteiger partial charge is 0.455 e. The molecule has 2 heterocycles. The summed E-state index contributed by atoms with van der Waals surface area (Å²) in [6.45, 7) is 4.75. The number of rotatable bonds is 7. The van der Waals surface area contributed by atoms with E-state index >= 15 is 0 Å². The maximum atomic E-state index is 12.0. The zero-order chi connectivity index (χ0) is 24.8. The first kappa shape index (κ1) is 24.8. The molecule has 0 bridgehead atoms. The van der Waals surface area contributed by atoms with Gasteiger partial charge in [0.15, 0.2) is 24.1 Å². The second-order valence-corrected chi connectivity index (χ2v) is 7.44. The molecule has 5 atom stereocenters. The van der Waals surface area contributed by atoms with Crippen molar-refractivity contribution in [2.75, 3.05) is 0 Å². The van der Waals surface area contributed by atoms with E-state index in [1.54, 1.807) is 0 Å². The molecule has 1 aromatic heterocycles. The molecule has 1 saturated heterocycles. The van der Waals surface area contributed by atoms with E-state index in [-0.39, 0.29) is 12.4 Å². The van der Waals surface area contributed by atoms with Gasteiger partial charge in [0.1, 0.15) is 0 Å². The van der Waals surface area contributed by atoms with Gasteiger partial charge in [-0.3, -0.25) is 19.2 Å². The molecule has 0 amide bonds. The highest BCUT2D eigenvalue weighted by atomic mass is 16.7. The van der Waals surface area contributed by atoms with Crippen molar-refractivity contribution in [3.63, 3.8) is 0 Å². The van der Waals surface area contributed by atoms with Gasteiger partial charge in [-0.1, -0.05) is 30.3 Å². The third-order valence-electron chi connectivity index (χ3n) is 4.67. The Morgan fingerprint density at radius 2 is 1.38 bits per heavy atom. The highest BCUT2D eigenvalue weighted by Gasteiger charge is 2.55. The molecule has 1 aromatic carbocycles. The molecule has 13 nitrogen and oxygen atoms in total. The lowest BCUT2D eigenvalue weighted by Crippen LogP contribution is -2.59.